The Morgan fingerprint density at radius 3 is 1.55 bits per heavy atom. The van der Waals surface area contributed by atoms with Crippen LogP contribution in [0.3, 0.4) is 0 Å². The van der Waals surface area contributed by atoms with Gasteiger partial charge in [-0.1, -0.05) is 0 Å². The maximum Gasteiger partial charge on any atom is 0.339 e. The highest BCUT2D eigenvalue weighted by Gasteiger charge is 2.25. The number of ether oxygens (including phenoxy) is 1. The van der Waals surface area contributed by atoms with E-state index in [1.807, 2.05) is 0 Å². The first-order chi connectivity index (χ1) is 9.29. The number of hydrogen-bond acceptors (Lipinski definition) is 5. The first-order valence-corrected chi connectivity index (χ1v) is 5.34. The number of hydrogen-bond donors (Lipinski definition) is 3. The Labute approximate surface area is 112 Å². The van der Waals surface area contributed by atoms with Crippen molar-refractivity contribution in [1.82, 2.24) is 0 Å². The molecule has 106 valence electrons. The third-order valence-corrected chi connectivity index (χ3v) is 2.34. The van der Waals surface area contributed by atoms with Gasteiger partial charge in [-0.3, -0.25) is 0 Å². The van der Waals surface area contributed by atoms with Crippen molar-refractivity contribution in [3.8, 4) is 0 Å². The Morgan fingerprint density at radius 2 is 1.20 bits per heavy atom. The van der Waals surface area contributed by atoms with E-state index in [2.05, 4.69) is 4.74 Å². The van der Waals surface area contributed by atoms with Gasteiger partial charge in [-0.05, 0) is 19.1 Å². The van der Waals surface area contributed by atoms with Crippen molar-refractivity contribution < 1.29 is 39.2 Å². The van der Waals surface area contributed by atoms with Crippen molar-refractivity contribution in [3.05, 3.63) is 34.4 Å². The predicted molar refractivity (Wildman–Crippen MR) is 63.3 cm³/mol. The summed E-state index contributed by atoms with van der Waals surface area (Å²) in [5.74, 6) is -5.80. The zero-order valence-electron chi connectivity index (χ0n) is 10.2. The highest BCUT2D eigenvalue weighted by atomic mass is 16.5. The first-order valence-electron chi connectivity index (χ1n) is 5.34. The van der Waals surface area contributed by atoms with E-state index in [0.29, 0.717) is 12.1 Å². The molecule has 0 bridgehead atoms. The normalized spacial score (nSPS) is 9.85. The molecule has 0 aliphatic rings. The van der Waals surface area contributed by atoms with E-state index in [-0.39, 0.29) is 6.61 Å². The molecule has 0 unspecified atom stereocenters. The van der Waals surface area contributed by atoms with Gasteiger partial charge in [0.1, 0.15) is 0 Å². The Morgan fingerprint density at radius 1 is 0.850 bits per heavy atom. The van der Waals surface area contributed by atoms with Gasteiger partial charge in [0.05, 0.1) is 28.9 Å². The lowest BCUT2D eigenvalue weighted by molar-refractivity contribution is 0.0513. The summed E-state index contributed by atoms with van der Waals surface area (Å²) in [6.07, 6.45) is 0. The summed E-state index contributed by atoms with van der Waals surface area (Å²) in [5, 5.41) is 26.8. The van der Waals surface area contributed by atoms with Gasteiger partial charge < -0.3 is 20.1 Å². The Hall–Kier alpha value is -2.90. The van der Waals surface area contributed by atoms with Gasteiger partial charge in [0.25, 0.3) is 0 Å². The molecule has 20 heavy (non-hydrogen) atoms. The molecule has 8 nitrogen and oxygen atoms in total. The minimum Gasteiger partial charge on any atom is -0.478 e. The molecule has 0 amide bonds. The third kappa shape index (κ3) is 2.91. The highest BCUT2D eigenvalue weighted by molar-refractivity contribution is 6.09. The number of benzene rings is 1. The zero-order valence-corrected chi connectivity index (χ0v) is 10.2. The summed E-state index contributed by atoms with van der Waals surface area (Å²) in [5.41, 5.74) is -2.55. The van der Waals surface area contributed by atoms with Crippen LogP contribution in [0.1, 0.15) is 48.4 Å². The van der Waals surface area contributed by atoms with Gasteiger partial charge in [-0.2, -0.15) is 0 Å². The first kappa shape index (κ1) is 15.2. The zero-order chi connectivity index (χ0) is 15.4. The lowest BCUT2D eigenvalue weighted by Gasteiger charge is -2.09. The molecule has 1 aromatic rings. The minimum atomic E-state index is -1.61. The molecular weight excluding hydrogens is 272 g/mol. The molecule has 1 rings (SSSR count). The van der Waals surface area contributed by atoms with Crippen LogP contribution in [-0.4, -0.2) is 45.8 Å². The summed E-state index contributed by atoms with van der Waals surface area (Å²) in [6.45, 7) is 1.45. The topological polar surface area (TPSA) is 138 Å². The summed E-state index contributed by atoms with van der Waals surface area (Å²) >= 11 is 0. The summed E-state index contributed by atoms with van der Waals surface area (Å²) < 4.78 is 4.61. The fourth-order valence-corrected chi connectivity index (χ4v) is 1.51. The highest BCUT2D eigenvalue weighted by Crippen LogP contribution is 2.19. The van der Waals surface area contributed by atoms with E-state index >= 15 is 0 Å². The van der Waals surface area contributed by atoms with Gasteiger partial charge in [0.15, 0.2) is 0 Å². The van der Waals surface area contributed by atoms with Crippen molar-refractivity contribution in [2.45, 2.75) is 6.92 Å². The SMILES string of the molecule is CCOC(=O)c1cc(C(=O)O)c(C(=O)O)cc1C(=O)O. The number of carbonyl (C=O) groups excluding carboxylic acids is 1. The molecule has 0 heterocycles. The summed E-state index contributed by atoms with van der Waals surface area (Å²) in [6, 6.07) is 1.31. The summed E-state index contributed by atoms with van der Waals surface area (Å²) in [7, 11) is 0. The molecule has 1 aromatic carbocycles. The lowest BCUT2D eigenvalue weighted by Crippen LogP contribution is -2.17. The van der Waals surface area contributed by atoms with Crippen LogP contribution in [-0.2, 0) is 4.74 Å². The van der Waals surface area contributed by atoms with Gasteiger partial charge in [0, 0.05) is 0 Å². The molecule has 0 spiro atoms. The Balaban J connectivity index is 3.61. The number of esters is 1. The number of carbonyl (C=O) groups is 4. The lowest BCUT2D eigenvalue weighted by atomic mass is 9.98. The number of aromatic carboxylic acids is 3. The predicted octanol–water partition coefficient (Wildman–Crippen LogP) is 0.958. The van der Waals surface area contributed by atoms with Crippen LogP contribution in [0.25, 0.3) is 0 Å². The van der Waals surface area contributed by atoms with Crippen molar-refractivity contribution >= 4 is 23.9 Å². The van der Waals surface area contributed by atoms with Crippen molar-refractivity contribution in [2.75, 3.05) is 6.61 Å². The molecule has 0 saturated carbocycles. The quantitative estimate of drug-likeness (QED) is 0.678. The average Bonchev–Trinajstić information content (AvgIpc) is 2.36. The van der Waals surface area contributed by atoms with Crippen LogP contribution in [0.4, 0.5) is 0 Å². The molecular formula is C12H10O8. The fraction of sp³-hybridized carbons (Fsp3) is 0.167. The molecule has 0 fully saturated rings. The van der Waals surface area contributed by atoms with Crippen LogP contribution in [0, 0.1) is 0 Å². The molecule has 0 aliphatic carbocycles. The molecule has 0 radical (unpaired) electrons. The molecule has 0 aromatic heterocycles. The molecule has 3 N–H and O–H groups in total. The van der Waals surface area contributed by atoms with Crippen LogP contribution in [0.15, 0.2) is 12.1 Å². The van der Waals surface area contributed by atoms with E-state index in [1.165, 1.54) is 6.92 Å². The number of carboxylic acid groups (broad SMARTS) is 3. The van der Waals surface area contributed by atoms with E-state index in [1.54, 1.807) is 0 Å². The van der Waals surface area contributed by atoms with E-state index in [4.69, 9.17) is 15.3 Å². The van der Waals surface area contributed by atoms with Crippen LogP contribution in [0.5, 0.6) is 0 Å². The number of carboxylic acids is 3. The third-order valence-electron chi connectivity index (χ3n) is 2.34. The molecule has 8 heteroatoms. The summed E-state index contributed by atoms with van der Waals surface area (Å²) in [4.78, 5) is 44.6. The average molecular weight is 282 g/mol. The van der Waals surface area contributed by atoms with Gasteiger partial charge in [-0.15, -0.1) is 0 Å². The monoisotopic (exact) mass is 282 g/mol. The largest absolute Gasteiger partial charge is 0.478 e. The second-order valence-electron chi connectivity index (χ2n) is 3.58. The standard InChI is InChI=1S/C12H10O8/c1-2-20-12(19)8-4-6(10(15)16)5(9(13)14)3-7(8)11(17)18/h3-4H,2H2,1H3,(H,13,14)(H,15,16)(H,17,18). The molecule has 0 saturated heterocycles. The van der Waals surface area contributed by atoms with Crippen LogP contribution >= 0.6 is 0 Å². The molecule has 0 aliphatic heterocycles. The smallest absolute Gasteiger partial charge is 0.339 e. The molecule has 0 atom stereocenters. The maximum atomic E-state index is 11.6. The maximum absolute atomic E-state index is 11.6. The second kappa shape index (κ2) is 5.83. The fourth-order valence-electron chi connectivity index (χ4n) is 1.51. The van der Waals surface area contributed by atoms with Crippen LogP contribution in [0.2, 0.25) is 0 Å². The Bertz CT molecular complexity index is 602. The van der Waals surface area contributed by atoms with Gasteiger partial charge in [0.2, 0.25) is 0 Å². The van der Waals surface area contributed by atoms with E-state index in [9.17, 15) is 19.2 Å². The van der Waals surface area contributed by atoms with Crippen molar-refractivity contribution in [1.29, 1.82) is 0 Å². The van der Waals surface area contributed by atoms with Crippen molar-refractivity contribution in [3.63, 3.8) is 0 Å². The van der Waals surface area contributed by atoms with Gasteiger partial charge in [-0.25, -0.2) is 19.2 Å². The van der Waals surface area contributed by atoms with Crippen molar-refractivity contribution in [2.24, 2.45) is 0 Å². The second-order valence-corrected chi connectivity index (χ2v) is 3.58. The Kier molecular flexibility index (Phi) is 4.42. The van der Waals surface area contributed by atoms with E-state index in [0.717, 1.165) is 0 Å². The van der Waals surface area contributed by atoms with E-state index < -0.39 is 46.1 Å². The van der Waals surface area contributed by atoms with Crippen LogP contribution < -0.4 is 0 Å². The van der Waals surface area contributed by atoms with Gasteiger partial charge >= 0.3 is 23.9 Å². The number of rotatable bonds is 5. The minimum absolute atomic E-state index is 0.0407.